The molecule has 0 aliphatic carbocycles. The third kappa shape index (κ3) is 3.37. The van der Waals surface area contributed by atoms with Crippen LogP contribution in [0.3, 0.4) is 0 Å². The van der Waals surface area contributed by atoms with Gasteiger partial charge in [-0.05, 0) is 43.0 Å². The van der Waals surface area contributed by atoms with Crippen LogP contribution in [-0.2, 0) is 16.4 Å². The van der Waals surface area contributed by atoms with E-state index in [9.17, 15) is 8.42 Å². The lowest BCUT2D eigenvalue weighted by Crippen LogP contribution is -2.41. The van der Waals surface area contributed by atoms with Gasteiger partial charge in [0.25, 0.3) is 10.0 Å². The molecule has 6 heteroatoms. The van der Waals surface area contributed by atoms with E-state index in [1.807, 2.05) is 49.4 Å². The minimum Gasteiger partial charge on any atom is -0.324 e. The number of hydrogen-bond acceptors (Lipinski definition) is 3. The number of rotatable bonds is 3. The number of aliphatic imine (C=N–C) groups is 1. The Morgan fingerprint density at radius 3 is 2.57 bits per heavy atom. The highest BCUT2D eigenvalue weighted by Crippen LogP contribution is 2.29. The molecule has 2 aromatic rings. The fraction of sp³-hybridized carbons (Fsp3) is 0.235. The minimum atomic E-state index is -3.58. The predicted octanol–water partition coefficient (Wildman–Crippen LogP) is 2.61. The van der Waals surface area contributed by atoms with E-state index in [1.54, 1.807) is 6.92 Å². The predicted molar refractivity (Wildman–Crippen MR) is 92.3 cm³/mol. The van der Waals surface area contributed by atoms with Gasteiger partial charge in [-0.2, -0.15) is 0 Å². The van der Waals surface area contributed by atoms with Gasteiger partial charge in [-0.1, -0.05) is 36.4 Å². The monoisotopic (exact) mass is 329 g/mol. The van der Waals surface area contributed by atoms with E-state index in [0.717, 1.165) is 17.5 Å². The minimum absolute atomic E-state index is 0.276. The summed E-state index contributed by atoms with van der Waals surface area (Å²) in [5, 5.41) is 3.08. The SMILES string of the molecule is Cc1cc(C)c2c(c1)NC(=NCCc1ccccc1)NS2(=O)=O. The summed E-state index contributed by atoms with van der Waals surface area (Å²) in [6.07, 6.45) is 0.757. The lowest BCUT2D eigenvalue weighted by atomic mass is 10.1. The molecule has 2 aromatic carbocycles. The Labute approximate surface area is 136 Å². The molecule has 0 bridgehead atoms. The molecule has 1 heterocycles. The van der Waals surface area contributed by atoms with E-state index in [-0.39, 0.29) is 5.96 Å². The molecule has 0 radical (unpaired) electrons. The van der Waals surface area contributed by atoms with Gasteiger partial charge in [0.2, 0.25) is 5.96 Å². The van der Waals surface area contributed by atoms with Crippen LogP contribution >= 0.6 is 0 Å². The molecule has 0 saturated carbocycles. The Morgan fingerprint density at radius 1 is 1.09 bits per heavy atom. The van der Waals surface area contributed by atoms with E-state index in [0.29, 0.717) is 17.1 Å². The van der Waals surface area contributed by atoms with Crippen molar-refractivity contribution in [2.45, 2.75) is 25.2 Å². The number of nitrogens with zero attached hydrogens (tertiary/aromatic N) is 1. The Kier molecular flexibility index (Phi) is 4.09. The molecule has 23 heavy (non-hydrogen) atoms. The van der Waals surface area contributed by atoms with Crippen LogP contribution in [0.4, 0.5) is 5.69 Å². The Balaban J connectivity index is 1.83. The highest BCUT2D eigenvalue weighted by atomic mass is 32.2. The molecule has 1 aliphatic heterocycles. The van der Waals surface area contributed by atoms with Gasteiger partial charge in [0.1, 0.15) is 4.90 Å². The maximum absolute atomic E-state index is 12.4. The van der Waals surface area contributed by atoms with Crippen LogP contribution in [0.1, 0.15) is 16.7 Å². The van der Waals surface area contributed by atoms with Crippen LogP contribution in [0.25, 0.3) is 0 Å². The summed E-state index contributed by atoms with van der Waals surface area (Å²) < 4.78 is 27.3. The van der Waals surface area contributed by atoms with Gasteiger partial charge >= 0.3 is 0 Å². The topological polar surface area (TPSA) is 70.6 Å². The van der Waals surface area contributed by atoms with Crippen LogP contribution in [0.5, 0.6) is 0 Å². The van der Waals surface area contributed by atoms with Gasteiger partial charge in [-0.15, -0.1) is 0 Å². The van der Waals surface area contributed by atoms with Gasteiger partial charge in [0.05, 0.1) is 5.69 Å². The highest BCUT2D eigenvalue weighted by molar-refractivity contribution is 7.90. The van der Waals surface area contributed by atoms with Crippen molar-refractivity contribution in [2.75, 3.05) is 11.9 Å². The molecule has 3 rings (SSSR count). The summed E-state index contributed by atoms with van der Waals surface area (Å²) in [6.45, 7) is 4.25. The van der Waals surface area contributed by atoms with E-state index in [1.165, 1.54) is 5.56 Å². The molecule has 1 aliphatic rings. The molecule has 0 aromatic heterocycles. The molecule has 0 spiro atoms. The molecule has 0 atom stereocenters. The van der Waals surface area contributed by atoms with Crippen LogP contribution in [0.2, 0.25) is 0 Å². The molecular weight excluding hydrogens is 310 g/mol. The Bertz CT molecular complexity index is 859. The van der Waals surface area contributed by atoms with Gasteiger partial charge in [0.15, 0.2) is 0 Å². The molecule has 0 amide bonds. The summed E-state index contributed by atoms with van der Waals surface area (Å²) >= 11 is 0. The molecule has 2 N–H and O–H groups in total. The maximum Gasteiger partial charge on any atom is 0.266 e. The average molecular weight is 329 g/mol. The normalized spacial score (nSPS) is 17.2. The standard InChI is InChI=1S/C17H19N3O2S/c1-12-10-13(2)16-15(11-12)19-17(20-23(16,21)22)18-9-8-14-6-4-3-5-7-14/h3-7,10-11H,8-9H2,1-2H3,(H2,18,19,20). The number of guanidine groups is 1. The fourth-order valence-corrected chi connectivity index (χ4v) is 4.10. The van der Waals surface area contributed by atoms with Crippen LogP contribution in [0.15, 0.2) is 52.4 Å². The second-order valence-electron chi connectivity index (χ2n) is 5.65. The summed E-state index contributed by atoms with van der Waals surface area (Å²) in [6, 6.07) is 13.7. The van der Waals surface area contributed by atoms with Gasteiger partial charge in [-0.3, -0.25) is 4.99 Å². The van der Waals surface area contributed by atoms with Crippen molar-refractivity contribution in [1.29, 1.82) is 0 Å². The third-order valence-corrected chi connectivity index (χ3v) is 5.23. The first-order valence-corrected chi connectivity index (χ1v) is 8.93. The highest BCUT2D eigenvalue weighted by Gasteiger charge is 2.28. The van der Waals surface area contributed by atoms with E-state index in [4.69, 9.17) is 0 Å². The summed E-state index contributed by atoms with van der Waals surface area (Å²) in [5.41, 5.74) is 3.49. The quantitative estimate of drug-likeness (QED) is 0.909. The number of anilines is 1. The van der Waals surface area contributed by atoms with Crippen LogP contribution in [-0.4, -0.2) is 20.9 Å². The lowest BCUT2D eigenvalue weighted by molar-refractivity contribution is 0.591. The van der Waals surface area contributed by atoms with E-state index < -0.39 is 10.0 Å². The summed E-state index contributed by atoms with van der Waals surface area (Å²) in [4.78, 5) is 4.64. The molecule has 0 unspecified atom stereocenters. The fourth-order valence-electron chi connectivity index (χ4n) is 2.75. The second kappa shape index (κ2) is 6.04. The van der Waals surface area contributed by atoms with Gasteiger partial charge < -0.3 is 5.32 Å². The molecule has 0 fully saturated rings. The number of sulfonamides is 1. The van der Waals surface area contributed by atoms with Crippen molar-refractivity contribution in [1.82, 2.24) is 4.72 Å². The largest absolute Gasteiger partial charge is 0.324 e. The van der Waals surface area contributed by atoms with Gasteiger partial charge in [0, 0.05) is 6.54 Å². The number of benzene rings is 2. The van der Waals surface area contributed by atoms with Crippen LogP contribution < -0.4 is 10.0 Å². The summed E-state index contributed by atoms with van der Waals surface area (Å²) in [7, 11) is -3.58. The Morgan fingerprint density at radius 2 is 1.83 bits per heavy atom. The van der Waals surface area contributed by atoms with Crippen molar-refractivity contribution in [2.24, 2.45) is 4.99 Å². The molecular formula is C17H19N3O2S. The number of aryl methyl sites for hydroxylation is 2. The number of hydrogen-bond donors (Lipinski definition) is 2. The molecule has 5 nitrogen and oxygen atoms in total. The smallest absolute Gasteiger partial charge is 0.266 e. The zero-order valence-corrected chi connectivity index (χ0v) is 13.9. The van der Waals surface area contributed by atoms with Crippen molar-refractivity contribution >= 4 is 21.7 Å². The average Bonchev–Trinajstić information content (AvgIpc) is 2.46. The zero-order chi connectivity index (χ0) is 16.4. The van der Waals surface area contributed by atoms with Crippen molar-refractivity contribution in [3.05, 3.63) is 59.2 Å². The van der Waals surface area contributed by atoms with Crippen LogP contribution in [0, 0.1) is 13.8 Å². The zero-order valence-electron chi connectivity index (χ0n) is 13.1. The number of nitrogens with one attached hydrogen (secondary N) is 2. The van der Waals surface area contributed by atoms with E-state index >= 15 is 0 Å². The third-order valence-electron chi connectivity index (χ3n) is 3.69. The Hall–Kier alpha value is -2.34. The molecule has 120 valence electrons. The number of fused-ring (bicyclic) bond motifs is 1. The maximum atomic E-state index is 12.4. The second-order valence-corrected chi connectivity index (χ2v) is 7.27. The lowest BCUT2D eigenvalue weighted by Gasteiger charge is -2.23. The van der Waals surface area contributed by atoms with Crippen molar-refractivity contribution < 1.29 is 8.42 Å². The van der Waals surface area contributed by atoms with Crippen molar-refractivity contribution in [3.8, 4) is 0 Å². The van der Waals surface area contributed by atoms with Gasteiger partial charge in [-0.25, -0.2) is 13.1 Å². The molecule has 0 saturated heterocycles. The first-order chi connectivity index (χ1) is 11.0. The first-order valence-electron chi connectivity index (χ1n) is 7.45. The summed E-state index contributed by atoms with van der Waals surface area (Å²) in [5.74, 6) is 0.276. The van der Waals surface area contributed by atoms with Crippen molar-refractivity contribution in [3.63, 3.8) is 0 Å². The van der Waals surface area contributed by atoms with E-state index in [2.05, 4.69) is 15.0 Å². The first kappa shape index (κ1) is 15.6.